The summed E-state index contributed by atoms with van der Waals surface area (Å²) in [5.41, 5.74) is 0. The molecule has 2 fully saturated rings. The van der Waals surface area contributed by atoms with Gasteiger partial charge in [-0.3, -0.25) is 9.59 Å². The largest absolute Gasteiger partial charge is 0.414 e. The van der Waals surface area contributed by atoms with Crippen LogP contribution in [0.15, 0.2) is 9.64 Å². The first kappa shape index (κ1) is 18.2. The van der Waals surface area contributed by atoms with Crippen LogP contribution < -0.4 is 5.32 Å². The topological polar surface area (TPSA) is 88.3 Å². The minimum Gasteiger partial charge on any atom is -0.414 e. The van der Waals surface area contributed by atoms with Gasteiger partial charge in [0.25, 0.3) is 5.22 Å². The first-order valence-corrected chi connectivity index (χ1v) is 10.2. The van der Waals surface area contributed by atoms with Crippen LogP contribution in [-0.4, -0.2) is 45.3 Å². The SMILES string of the molecule is O=C(CSc1nnc(CN2CCCC2=O)o1)NC1CCCCCCC1. The van der Waals surface area contributed by atoms with Crippen molar-refractivity contribution in [3.8, 4) is 0 Å². The van der Waals surface area contributed by atoms with Crippen molar-refractivity contribution in [2.75, 3.05) is 12.3 Å². The molecule has 0 aromatic carbocycles. The summed E-state index contributed by atoms with van der Waals surface area (Å²) < 4.78 is 5.54. The lowest BCUT2D eigenvalue weighted by Gasteiger charge is -2.20. The Balaban J connectivity index is 1.40. The number of nitrogens with zero attached hydrogens (tertiary/aromatic N) is 3. The van der Waals surface area contributed by atoms with Gasteiger partial charge in [0.15, 0.2) is 0 Å². The number of rotatable bonds is 6. The van der Waals surface area contributed by atoms with E-state index in [9.17, 15) is 9.59 Å². The average molecular weight is 366 g/mol. The molecule has 7 nitrogen and oxygen atoms in total. The van der Waals surface area contributed by atoms with Crippen LogP contribution in [0, 0.1) is 0 Å². The molecule has 0 bridgehead atoms. The molecule has 3 rings (SSSR count). The molecule has 1 saturated heterocycles. The lowest BCUT2D eigenvalue weighted by atomic mass is 9.97. The van der Waals surface area contributed by atoms with Crippen LogP contribution in [0.5, 0.6) is 0 Å². The first-order chi connectivity index (χ1) is 12.2. The van der Waals surface area contributed by atoms with Gasteiger partial charge in [-0.15, -0.1) is 10.2 Å². The van der Waals surface area contributed by atoms with Gasteiger partial charge in [-0.25, -0.2) is 0 Å². The number of hydrogen-bond donors (Lipinski definition) is 1. The Bertz CT molecular complexity index is 584. The molecule has 25 heavy (non-hydrogen) atoms. The van der Waals surface area contributed by atoms with Crippen molar-refractivity contribution < 1.29 is 14.0 Å². The predicted octanol–water partition coefficient (Wildman–Crippen LogP) is 2.51. The quantitative estimate of drug-likeness (QED) is 0.778. The van der Waals surface area contributed by atoms with Crippen molar-refractivity contribution in [3.63, 3.8) is 0 Å². The minimum absolute atomic E-state index is 0.0186. The zero-order valence-electron chi connectivity index (χ0n) is 14.5. The number of amides is 2. The van der Waals surface area contributed by atoms with E-state index in [0.717, 1.165) is 25.8 Å². The lowest BCUT2D eigenvalue weighted by Crippen LogP contribution is -2.36. The molecule has 2 aliphatic rings. The third-order valence-corrected chi connectivity index (χ3v) is 5.56. The van der Waals surface area contributed by atoms with Gasteiger partial charge in [0.2, 0.25) is 17.7 Å². The van der Waals surface area contributed by atoms with Gasteiger partial charge in [-0.2, -0.15) is 0 Å². The number of carbonyl (C=O) groups is 2. The molecule has 2 amide bonds. The van der Waals surface area contributed by atoms with Gasteiger partial charge in [0.05, 0.1) is 12.3 Å². The van der Waals surface area contributed by atoms with Crippen LogP contribution >= 0.6 is 11.8 Å². The third kappa shape index (κ3) is 5.73. The summed E-state index contributed by atoms with van der Waals surface area (Å²) in [5.74, 6) is 0.857. The number of aromatic nitrogens is 2. The lowest BCUT2D eigenvalue weighted by molar-refractivity contribution is -0.128. The second-order valence-corrected chi connectivity index (χ2v) is 7.71. The Hall–Kier alpha value is -1.57. The smallest absolute Gasteiger partial charge is 0.277 e. The zero-order chi connectivity index (χ0) is 17.5. The second-order valence-electron chi connectivity index (χ2n) is 6.78. The normalized spacial score (nSPS) is 19.7. The fourth-order valence-corrected chi connectivity index (χ4v) is 3.98. The summed E-state index contributed by atoms with van der Waals surface area (Å²) in [6.45, 7) is 1.11. The van der Waals surface area contributed by atoms with E-state index in [1.807, 2.05) is 0 Å². The monoisotopic (exact) mass is 366 g/mol. The molecule has 1 aliphatic carbocycles. The average Bonchev–Trinajstić information content (AvgIpc) is 3.18. The molecule has 2 heterocycles. The minimum atomic E-state index is 0.0186. The number of hydrogen-bond acceptors (Lipinski definition) is 6. The fourth-order valence-electron chi connectivity index (χ4n) is 3.39. The van der Waals surface area contributed by atoms with E-state index in [0.29, 0.717) is 30.1 Å². The standard InChI is InChI=1S/C17H26N4O3S/c22-14(18-13-7-4-2-1-3-5-8-13)12-25-17-20-19-15(24-17)11-21-10-6-9-16(21)23/h13H,1-12H2,(H,18,22). The van der Waals surface area contributed by atoms with Crippen molar-refractivity contribution in [2.24, 2.45) is 0 Å². The van der Waals surface area contributed by atoms with E-state index in [4.69, 9.17) is 4.42 Å². The molecule has 0 radical (unpaired) electrons. The summed E-state index contributed by atoms with van der Waals surface area (Å²) in [6.07, 6.45) is 9.87. The first-order valence-electron chi connectivity index (χ1n) is 9.23. The van der Waals surface area contributed by atoms with Gasteiger partial charge in [0, 0.05) is 19.0 Å². The van der Waals surface area contributed by atoms with Gasteiger partial charge in [0.1, 0.15) is 0 Å². The number of thioether (sulfide) groups is 1. The van der Waals surface area contributed by atoms with Gasteiger partial charge < -0.3 is 14.6 Å². The van der Waals surface area contributed by atoms with Crippen molar-refractivity contribution in [1.82, 2.24) is 20.4 Å². The summed E-state index contributed by atoms with van der Waals surface area (Å²) in [4.78, 5) is 25.5. The second kappa shape index (κ2) is 9.22. The maximum absolute atomic E-state index is 12.1. The Morgan fingerprint density at radius 2 is 1.92 bits per heavy atom. The fraction of sp³-hybridized carbons (Fsp3) is 0.765. The van der Waals surface area contributed by atoms with Crippen LogP contribution in [-0.2, 0) is 16.1 Å². The molecule has 1 aromatic heterocycles. The van der Waals surface area contributed by atoms with Crippen molar-refractivity contribution in [1.29, 1.82) is 0 Å². The van der Waals surface area contributed by atoms with Gasteiger partial charge >= 0.3 is 0 Å². The van der Waals surface area contributed by atoms with Crippen LogP contribution in [0.4, 0.5) is 0 Å². The molecule has 0 spiro atoms. The van der Waals surface area contributed by atoms with Gasteiger partial charge in [-0.05, 0) is 19.3 Å². The molecule has 0 unspecified atom stereocenters. The number of carbonyl (C=O) groups excluding carboxylic acids is 2. The third-order valence-electron chi connectivity index (χ3n) is 4.74. The van der Waals surface area contributed by atoms with Crippen LogP contribution in [0.3, 0.4) is 0 Å². The van der Waals surface area contributed by atoms with Crippen molar-refractivity contribution in [3.05, 3.63) is 5.89 Å². The Kier molecular flexibility index (Phi) is 6.72. The molecular weight excluding hydrogens is 340 g/mol. The van der Waals surface area contributed by atoms with Gasteiger partial charge in [-0.1, -0.05) is 43.9 Å². The van der Waals surface area contributed by atoms with Crippen molar-refractivity contribution >= 4 is 23.6 Å². The highest BCUT2D eigenvalue weighted by Gasteiger charge is 2.22. The molecule has 1 N–H and O–H groups in total. The molecule has 138 valence electrons. The molecule has 1 saturated carbocycles. The Morgan fingerprint density at radius 3 is 2.64 bits per heavy atom. The molecule has 8 heteroatoms. The summed E-state index contributed by atoms with van der Waals surface area (Å²) in [5, 5.41) is 11.4. The van der Waals surface area contributed by atoms with E-state index in [1.165, 1.54) is 43.9 Å². The molecule has 0 atom stereocenters. The highest BCUT2D eigenvalue weighted by molar-refractivity contribution is 7.99. The van der Waals surface area contributed by atoms with Crippen LogP contribution in [0.2, 0.25) is 0 Å². The maximum Gasteiger partial charge on any atom is 0.277 e. The highest BCUT2D eigenvalue weighted by Crippen LogP contribution is 2.20. The van der Waals surface area contributed by atoms with Crippen LogP contribution in [0.1, 0.15) is 63.7 Å². The van der Waals surface area contributed by atoms with E-state index in [-0.39, 0.29) is 17.6 Å². The number of likely N-dealkylation sites (tertiary alicyclic amines) is 1. The van der Waals surface area contributed by atoms with E-state index >= 15 is 0 Å². The Morgan fingerprint density at radius 1 is 1.16 bits per heavy atom. The van der Waals surface area contributed by atoms with Crippen LogP contribution in [0.25, 0.3) is 0 Å². The van der Waals surface area contributed by atoms with E-state index in [1.54, 1.807) is 4.90 Å². The molecular formula is C17H26N4O3S. The summed E-state index contributed by atoms with van der Waals surface area (Å²) in [6, 6.07) is 0.299. The highest BCUT2D eigenvalue weighted by atomic mass is 32.2. The number of nitrogens with one attached hydrogen (secondary N) is 1. The maximum atomic E-state index is 12.1. The predicted molar refractivity (Wildman–Crippen MR) is 93.9 cm³/mol. The molecule has 1 aliphatic heterocycles. The summed E-state index contributed by atoms with van der Waals surface area (Å²) in [7, 11) is 0. The Labute approximate surface area is 152 Å². The van der Waals surface area contributed by atoms with Crippen molar-refractivity contribution in [2.45, 2.75) is 75.6 Å². The van der Waals surface area contributed by atoms with E-state index in [2.05, 4.69) is 15.5 Å². The summed E-state index contributed by atoms with van der Waals surface area (Å²) >= 11 is 1.25. The zero-order valence-corrected chi connectivity index (χ0v) is 15.4. The molecule has 1 aromatic rings. The van der Waals surface area contributed by atoms with E-state index < -0.39 is 0 Å².